The van der Waals surface area contributed by atoms with Crippen LogP contribution in [0.3, 0.4) is 0 Å². The van der Waals surface area contributed by atoms with E-state index in [1.54, 1.807) is 12.1 Å². The van der Waals surface area contributed by atoms with Crippen molar-refractivity contribution in [3.05, 3.63) is 65.2 Å². The first-order valence-corrected chi connectivity index (χ1v) is 6.38. The number of hydrogen-bond acceptors (Lipinski definition) is 2. The van der Waals surface area contributed by atoms with Crippen molar-refractivity contribution in [2.45, 2.75) is 12.3 Å². The molecule has 0 saturated carbocycles. The van der Waals surface area contributed by atoms with Gasteiger partial charge in [-0.1, -0.05) is 18.2 Å². The monoisotopic (exact) mass is 274 g/mol. The Bertz CT molecular complexity index is 667. The Morgan fingerprint density at radius 3 is 2.75 bits per heavy atom. The minimum absolute atomic E-state index is 0.0758. The molecule has 0 N–H and O–H groups in total. The number of ether oxygens (including phenoxy) is 1. The topological polar surface area (TPSA) is 26.3 Å². The van der Waals surface area contributed by atoms with Gasteiger partial charge in [-0.2, -0.15) is 0 Å². The van der Waals surface area contributed by atoms with E-state index in [0.717, 1.165) is 17.7 Å². The van der Waals surface area contributed by atoms with Crippen LogP contribution in [0.15, 0.2) is 42.5 Å². The number of carbonyl (C=O) groups is 1. The van der Waals surface area contributed by atoms with Crippen LogP contribution in [0.4, 0.5) is 8.78 Å². The predicted octanol–water partition coefficient (Wildman–Crippen LogP) is 3.71. The highest BCUT2D eigenvalue weighted by Crippen LogP contribution is 2.35. The van der Waals surface area contributed by atoms with Crippen LogP contribution >= 0.6 is 0 Å². The highest BCUT2D eigenvalue weighted by atomic mass is 19.1. The van der Waals surface area contributed by atoms with Crippen molar-refractivity contribution in [3.8, 4) is 5.75 Å². The van der Waals surface area contributed by atoms with Crippen LogP contribution in [0.1, 0.15) is 28.3 Å². The lowest BCUT2D eigenvalue weighted by Gasteiger charge is -2.25. The number of benzene rings is 2. The second-order valence-electron chi connectivity index (χ2n) is 4.72. The minimum atomic E-state index is -0.820. The number of halogens is 2. The average molecular weight is 274 g/mol. The van der Waals surface area contributed by atoms with Crippen LogP contribution in [0.5, 0.6) is 5.75 Å². The fourth-order valence-corrected chi connectivity index (χ4v) is 2.49. The van der Waals surface area contributed by atoms with Crippen LogP contribution < -0.4 is 4.74 Å². The fraction of sp³-hybridized carbons (Fsp3) is 0.188. The molecule has 0 saturated heterocycles. The molecule has 2 nitrogen and oxygen atoms in total. The van der Waals surface area contributed by atoms with Crippen molar-refractivity contribution in [2.75, 3.05) is 6.61 Å². The molecule has 1 unspecified atom stereocenters. The summed E-state index contributed by atoms with van der Waals surface area (Å²) in [6.07, 6.45) is 0.493. The molecule has 1 atom stereocenters. The van der Waals surface area contributed by atoms with E-state index in [-0.39, 0.29) is 11.3 Å². The zero-order chi connectivity index (χ0) is 14.1. The molecule has 2 aromatic rings. The van der Waals surface area contributed by atoms with Gasteiger partial charge in [-0.3, -0.25) is 4.79 Å². The van der Waals surface area contributed by atoms with Crippen LogP contribution in [0.2, 0.25) is 0 Å². The molecule has 0 aliphatic carbocycles. The molecule has 3 rings (SSSR count). The van der Waals surface area contributed by atoms with Gasteiger partial charge in [0.25, 0.3) is 0 Å². The first-order valence-electron chi connectivity index (χ1n) is 6.38. The summed E-state index contributed by atoms with van der Waals surface area (Å²) in [4.78, 5) is 12.5. The molecule has 0 bridgehead atoms. The Labute approximate surface area is 115 Å². The Balaban J connectivity index is 2.00. The Morgan fingerprint density at radius 1 is 1.15 bits per heavy atom. The Kier molecular flexibility index (Phi) is 3.22. The lowest BCUT2D eigenvalue weighted by Crippen LogP contribution is -2.22. The van der Waals surface area contributed by atoms with Crippen molar-refractivity contribution in [3.63, 3.8) is 0 Å². The van der Waals surface area contributed by atoms with Gasteiger partial charge >= 0.3 is 0 Å². The van der Waals surface area contributed by atoms with Crippen LogP contribution in [0.25, 0.3) is 0 Å². The third-order valence-corrected chi connectivity index (χ3v) is 3.47. The lowest BCUT2D eigenvalue weighted by atomic mass is 9.86. The van der Waals surface area contributed by atoms with E-state index in [1.165, 1.54) is 6.07 Å². The number of ketones is 1. The van der Waals surface area contributed by atoms with Crippen LogP contribution in [0, 0.1) is 11.6 Å². The fourth-order valence-electron chi connectivity index (χ4n) is 2.49. The van der Waals surface area contributed by atoms with Crippen LogP contribution in [-0.2, 0) is 0 Å². The van der Waals surface area contributed by atoms with E-state index in [2.05, 4.69) is 0 Å². The number of fused-ring (bicyclic) bond motifs is 1. The molecule has 1 aliphatic rings. The summed E-state index contributed by atoms with van der Waals surface area (Å²) < 4.78 is 32.1. The second-order valence-corrected chi connectivity index (χ2v) is 4.72. The van der Waals surface area contributed by atoms with E-state index < -0.39 is 17.6 Å². The molecule has 0 radical (unpaired) electrons. The van der Waals surface area contributed by atoms with Gasteiger partial charge < -0.3 is 4.74 Å². The van der Waals surface area contributed by atoms with E-state index in [4.69, 9.17) is 4.74 Å². The molecule has 0 fully saturated rings. The molecule has 1 heterocycles. The van der Waals surface area contributed by atoms with Gasteiger partial charge in [-0.15, -0.1) is 0 Å². The summed E-state index contributed by atoms with van der Waals surface area (Å²) in [5.41, 5.74) is 0.681. The van der Waals surface area contributed by atoms with Gasteiger partial charge in [0.2, 0.25) is 0 Å². The molecule has 4 heteroatoms. The lowest BCUT2D eigenvalue weighted by molar-refractivity contribution is 0.0929. The Hall–Kier alpha value is -2.23. The maximum absolute atomic E-state index is 13.7. The third-order valence-electron chi connectivity index (χ3n) is 3.47. The zero-order valence-corrected chi connectivity index (χ0v) is 10.6. The molecule has 1 aliphatic heterocycles. The van der Waals surface area contributed by atoms with Gasteiger partial charge in [0.05, 0.1) is 18.1 Å². The number of hydrogen-bond donors (Lipinski definition) is 0. The van der Waals surface area contributed by atoms with Gasteiger partial charge in [0.15, 0.2) is 5.78 Å². The van der Waals surface area contributed by atoms with E-state index >= 15 is 0 Å². The largest absolute Gasteiger partial charge is 0.493 e. The highest BCUT2D eigenvalue weighted by Gasteiger charge is 2.29. The maximum Gasteiger partial charge on any atom is 0.173 e. The van der Waals surface area contributed by atoms with Gasteiger partial charge in [-0.25, -0.2) is 8.78 Å². The molecule has 0 aromatic heterocycles. The number of rotatable bonds is 2. The SMILES string of the molecule is O=C(c1ccc(F)cc1F)C1CCOc2ccccc21. The van der Waals surface area contributed by atoms with Crippen molar-refractivity contribution in [1.29, 1.82) is 0 Å². The summed E-state index contributed by atoms with van der Waals surface area (Å²) in [6.45, 7) is 0.413. The normalized spacial score (nSPS) is 17.2. The summed E-state index contributed by atoms with van der Waals surface area (Å²) in [6, 6.07) is 10.3. The van der Waals surface area contributed by atoms with E-state index in [0.29, 0.717) is 18.8 Å². The number of carbonyl (C=O) groups excluding carboxylic acids is 1. The molecule has 20 heavy (non-hydrogen) atoms. The van der Waals surface area contributed by atoms with E-state index in [9.17, 15) is 13.6 Å². The smallest absolute Gasteiger partial charge is 0.173 e. The third kappa shape index (κ3) is 2.18. The number of Topliss-reactive ketones (excluding diaryl/α,β-unsaturated/α-hetero) is 1. The summed E-state index contributed by atoms with van der Waals surface area (Å²) in [5, 5.41) is 0. The van der Waals surface area contributed by atoms with E-state index in [1.807, 2.05) is 12.1 Å². The predicted molar refractivity (Wildman–Crippen MR) is 70.0 cm³/mol. The molecule has 2 aromatic carbocycles. The van der Waals surface area contributed by atoms with Gasteiger partial charge in [0.1, 0.15) is 17.4 Å². The molecule has 0 spiro atoms. The van der Waals surface area contributed by atoms with Crippen molar-refractivity contribution < 1.29 is 18.3 Å². The average Bonchev–Trinajstić information content (AvgIpc) is 2.46. The molecule has 102 valence electrons. The summed E-state index contributed by atoms with van der Waals surface area (Å²) in [5.74, 6) is -1.64. The highest BCUT2D eigenvalue weighted by molar-refractivity contribution is 6.01. The second kappa shape index (κ2) is 5.04. The molecular formula is C16H12F2O2. The number of para-hydroxylation sites is 1. The minimum Gasteiger partial charge on any atom is -0.493 e. The van der Waals surface area contributed by atoms with Gasteiger partial charge in [-0.05, 0) is 24.6 Å². The van der Waals surface area contributed by atoms with Crippen molar-refractivity contribution in [1.82, 2.24) is 0 Å². The Morgan fingerprint density at radius 2 is 1.95 bits per heavy atom. The quantitative estimate of drug-likeness (QED) is 0.780. The molecular weight excluding hydrogens is 262 g/mol. The summed E-state index contributed by atoms with van der Waals surface area (Å²) >= 11 is 0. The zero-order valence-electron chi connectivity index (χ0n) is 10.6. The molecule has 0 amide bonds. The van der Waals surface area contributed by atoms with Crippen molar-refractivity contribution in [2.24, 2.45) is 0 Å². The van der Waals surface area contributed by atoms with Gasteiger partial charge in [0, 0.05) is 11.6 Å². The maximum atomic E-state index is 13.7. The standard InChI is InChI=1S/C16H12F2O2/c17-10-5-6-13(14(18)9-10)16(19)12-7-8-20-15-4-2-1-3-11(12)15/h1-6,9,12H,7-8H2. The van der Waals surface area contributed by atoms with Crippen LogP contribution in [-0.4, -0.2) is 12.4 Å². The first kappa shape index (κ1) is 12.8. The van der Waals surface area contributed by atoms with Crippen molar-refractivity contribution >= 4 is 5.78 Å². The first-order chi connectivity index (χ1) is 9.66. The summed E-state index contributed by atoms with van der Waals surface area (Å²) in [7, 11) is 0.